The molecular weight excluding hydrogens is 316 g/mol. The van der Waals surface area contributed by atoms with Gasteiger partial charge in [0.2, 0.25) is 0 Å². The number of benzene rings is 2. The van der Waals surface area contributed by atoms with Crippen molar-refractivity contribution in [3.05, 3.63) is 59.7 Å². The summed E-state index contributed by atoms with van der Waals surface area (Å²) in [5.41, 5.74) is 1.53. The summed E-state index contributed by atoms with van der Waals surface area (Å²) in [5.74, 6) is 0.727. The van der Waals surface area contributed by atoms with Crippen LogP contribution in [0.1, 0.15) is 28.8 Å². The Balaban J connectivity index is 1.60. The van der Waals surface area contributed by atoms with E-state index >= 15 is 0 Å². The minimum atomic E-state index is 0.0799. The van der Waals surface area contributed by atoms with Crippen LogP contribution in [0.3, 0.4) is 0 Å². The highest BCUT2D eigenvalue weighted by Crippen LogP contribution is 2.29. The average molecular weight is 340 g/mol. The molecule has 0 unspecified atom stereocenters. The van der Waals surface area contributed by atoms with E-state index in [4.69, 9.17) is 4.74 Å². The molecule has 0 aromatic heterocycles. The van der Waals surface area contributed by atoms with Crippen LogP contribution in [-0.2, 0) is 6.54 Å². The lowest BCUT2D eigenvalue weighted by Crippen LogP contribution is -2.47. The average Bonchev–Trinajstić information content (AvgIpc) is 2.67. The van der Waals surface area contributed by atoms with Gasteiger partial charge in [-0.05, 0) is 31.0 Å². The molecule has 2 N–H and O–H groups in total. The first kappa shape index (κ1) is 17.3. The second kappa shape index (κ2) is 8.03. The van der Waals surface area contributed by atoms with Crippen LogP contribution < -0.4 is 10.1 Å². The molecule has 1 atom stereocenters. The summed E-state index contributed by atoms with van der Waals surface area (Å²) >= 11 is 0. The van der Waals surface area contributed by atoms with Gasteiger partial charge in [0.15, 0.2) is 11.5 Å². The van der Waals surface area contributed by atoms with Crippen molar-refractivity contribution in [3.63, 3.8) is 0 Å². The van der Waals surface area contributed by atoms with Crippen LogP contribution in [0.2, 0.25) is 0 Å². The Morgan fingerprint density at radius 2 is 2.04 bits per heavy atom. The summed E-state index contributed by atoms with van der Waals surface area (Å²) < 4.78 is 5.14. The Morgan fingerprint density at radius 3 is 2.80 bits per heavy atom. The van der Waals surface area contributed by atoms with Gasteiger partial charge in [-0.15, -0.1) is 0 Å². The molecular formula is C20H24N2O3. The van der Waals surface area contributed by atoms with Gasteiger partial charge in [0, 0.05) is 36.8 Å². The third-order valence-electron chi connectivity index (χ3n) is 4.61. The zero-order chi connectivity index (χ0) is 17.6. The van der Waals surface area contributed by atoms with E-state index in [1.165, 1.54) is 0 Å². The standard InChI is InChI=1S/C20H24N2O3/c1-25-18-11-5-9-16(19(18)23)13-21-17-10-6-12-22(14-17)20(24)15-7-3-2-4-8-15/h2-5,7-9,11,17,21,23H,6,10,12-14H2,1H3/t17-/m0/s1. The van der Waals surface area contributed by atoms with E-state index in [0.717, 1.165) is 30.5 Å². The first-order chi connectivity index (χ1) is 12.2. The Hall–Kier alpha value is -2.53. The largest absolute Gasteiger partial charge is 0.504 e. The van der Waals surface area contributed by atoms with Gasteiger partial charge in [-0.25, -0.2) is 0 Å². The summed E-state index contributed by atoms with van der Waals surface area (Å²) in [6, 6.07) is 15.1. The van der Waals surface area contributed by atoms with Gasteiger partial charge >= 0.3 is 0 Å². The van der Waals surface area contributed by atoms with Gasteiger partial charge in [-0.3, -0.25) is 4.79 Å². The third-order valence-corrected chi connectivity index (χ3v) is 4.61. The van der Waals surface area contributed by atoms with Gasteiger partial charge in [0.05, 0.1) is 7.11 Å². The van der Waals surface area contributed by atoms with Crippen LogP contribution in [0.5, 0.6) is 11.5 Å². The molecule has 0 aliphatic carbocycles. The fourth-order valence-corrected chi connectivity index (χ4v) is 3.22. The predicted octanol–water partition coefficient (Wildman–Crippen LogP) is 2.80. The monoisotopic (exact) mass is 340 g/mol. The molecule has 1 fully saturated rings. The number of nitrogens with zero attached hydrogens (tertiary/aromatic N) is 1. The van der Waals surface area contributed by atoms with E-state index in [-0.39, 0.29) is 17.7 Å². The number of nitrogens with one attached hydrogen (secondary N) is 1. The molecule has 25 heavy (non-hydrogen) atoms. The SMILES string of the molecule is COc1cccc(CN[C@H]2CCCN(C(=O)c3ccccc3)C2)c1O. The van der Waals surface area contributed by atoms with Crippen LogP contribution >= 0.6 is 0 Å². The van der Waals surface area contributed by atoms with Crippen LogP contribution in [-0.4, -0.2) is 42.2 Å². The summed E-state index contributed by atoms with van der Waals surface area (Å²) in [7, 11) is 1.54. The molecule has 1 amide bonds. The molecule has 1 aliphatic rings. The van der Waals surface area contributed by atoms with Gasteiger partial charge in [-0.2, -0.15) is 0 Å². The Kier molecular flexibility index (Phi) is 5.56. The van der Waals surface area contributed by atoms with Crippen molar-refractivity contribution in [3.8, 4) is 11.5 Å². The van der Waals surface area contributed by atoms with Gasteiger partial charge in [0.25, 0.3) is 5.91 Å². The zero-order valence-electron chi connectivity index (χ0n) is 14.4. The van der Waals surface area contributed by atoms with E-state index in [2.05, 4.69) is 5.32 Å². The van der Waals surface area contributed by atoms with Crippen molar-refractivity contribution in [2.24, 2.45) is 0 Å². The number of hydrogen-bond donors (Lipinski definition) is 2. The van der Waals surface area contributed by atoms with Crippen molar-refractivity contribution in [1.82, 2.24) is 10.2 Å². The van der Waals surface area contributed by atoms with Crippen molar-refractivity contribution in [2.45, 2.75) is 25.4 Å². The number of phenols is 1. The zero-order valence-corrected chi connectivity index (χ0v) is 14.4. The highest BCUT2D eigenvalue weighted by atomic mass is 16.5. The molecule has 5 nitrogen and oxygen atoms in total. The summed E-state index contributed by atoms with van der Waals surface area (Å²) in [6.45, 7) is 2.01. The molecule has 0 spiro atoms. The maximum atomic E-state index is 12.6. The summed E-state index contributed by atoms with van der Waals surface area (Å²) in [6.07, 6.45) is 1.99. The van der Waals surface area contributed by atoms with Crippen LogP contribution in [0.4, 0.5) is 0 Å². The second-order valence-electron chi connectivity index (χ2n) is 6.31. The molecule has 1 saturated heterocycles. The van der Waals surface area contributed by atoms with E-state index in [9.17, 15) is 9.90 Å². The molecule has 2 aromatic carbocycles. The third kappa shape index (κ3) is 4.12. The van der Waals surface area contributed by atoms with Crippen LogP contribution in [0, 0.1) is 0 Å². The van der Waals surface area contributed by atoms with Gasteiger partial charge in [0.1, 0.15) is 0 Å². The van der Waals surface area contributed by atoms with Crippen molar-refractivity contribution in [2.75, 3.05) is 20.2 Å². The predicted molar refractivity (Wildman–Crippen MR) is 96.9 cm³/mol. The van der Waals surface area contributed by atoms with E-state index in [1.54, 1.807) is 13.2 Å². The quantitative estimate of drug-likeness (QED) is 0.879. The number of carbonyl (C=O) groups is 1. The highest BCUT2D eigenvalue weighted by Gasteiger charge is 2.24. The fraction of sp³-hybridized carbons (Fsp3) is 0.350. The fourth-order valence-electron chi connectivity index (χ4n) is 3.22. The molecule has 0 radical (unpaired) electrons. The van der Waals surface area contributed by atoms with E-state index in [0.29, 0.717) is 18.8 Å². The lowest BCUT2D eigenvalue weighted by Gasteiger charge is -2.33. The Morgan fingerprint density at radius 1 is 1.24 bits per heavy atom. The number of likely N-dealkylation sites (tertiary alicyclic amines) is 1. The highest BCUT2D eigenvalue weighted by molar-refractivity contribution is 5.94. The summed E-state index contributed by atoms with van der Waals surface area (Å²) in [5, 5.41) is 13.6. The molecule has 5 heteroatoms. The van der Waals surface area contributed by atoms with Crippen LogP contribution in [0.15, 0.2) is 48.5 Å². The maximum absolute atomic E-state index is 12.6. The van der Waals surface area contributed by atoms with Crippen LogP contribution in [0.25, 0.3) is 0 Å². The number of rotatable bonds is 5. The van der Waals surface area contributed by atoms with Gasteiger partial charge < -0.3 is 20.1 Å². The van der Waals surface area contributed by atoms with E-state index in [1.807, 2.05) is 47.4 Å². The maximum Gasteiger partial charge on any atom is 0.253 e. The Bertz CT molecular complexity index is 718. The van der Waals surface area contributed by atoms with E-state index < -0.39 is 0 Å². The number of para-hydroxylation sites is 1. The number of phenolic OH excluding ortho intramolecular Hbond substituents is 1. The first-order valence-electron chi connectivity index (χ1n) is 8.61. The number of hydrogen-bond acceptors (Lipinski definition) is 4. The molecule has 0 saturated carbocycles. The normalized spacial score (nSPS) is 17.3. The number of piperidine rings is 1. The van der Waals surface area contributed by atoms with Crippen molar-refractivity contribution in [1.29, 1.82) is 0 Å². The lowest BCUT2D eigenvalue weighted by atomic mass is 10.0. The molecule has 3 rings (SSSR count). The molecule has 1 aliphatic heterocycles. The number of aromatic hydroxyl groups is 1. The van der Waals surface area contributed by atoms with Gasteiger partial charge in [-0.1, -0.05) is 30.3 Å². The number of methoxy groups -OCH3 is 1. The second-order valence-corrected chi connectivity index (χ2v) is 6.31. The smallest absolute Gasteiger partial charge is 0.253 e. The minimum Gasteiger partial charge on any atom is -0.504 e. The Labute approximate surface area is 148 Å². The minimum absolute atomic E-state index is 0.0799. The molecule has 0 bridgehead atoms. The lowest BCUT2D eigenvalue weighted by molar-refractivity contribution is 0.0694. The first-order valence-corrected chi connectivity index (χ1v) is 8.61. The topological polar surface area (TPSA) is 61.8 Å². The number of carbonyl (C=O) groups excluding carboxylic acids is 1. The number of amides is 1. The molecule has 2 aromatic rings. The number of ether oxygens (including phenoxy) is 1. The molecule has 132 valence electrons. The van der Waals surface area contributed by atoms with Crippen molar-refractivity contribution < 1.29 is 14.6 Å². The molecule has 1 heterocycles. The van der Waals surface area contributed by atoms with Crippen molar-refractivity contribution >= 4 is 5.91 Å². The summed E-state index contributed by atoms with van der Waals surface area (Å²) in [4.78, 5) is 14.5.